The molecule has 1 heterocycles. The number of hydrogen-bond donors (Lipinski definition) is 2. The molecule has 0 radical (unpaired) electrons. The third-order valence-electron chi connectivity index (χ3n) is 3.94. The Bertz CT molecular complexity index is 516. The number of benzene rings is 1. The van der Waals surface area contributed by atoms with Gasteiger partial charge in [0.1, 0.15) is 0 Å². The van der Waals surface area contributed by atoms with Crippen LogP contribution in [-0.4, -0.2) is 29.3 Å². The average molecular weight is 289 g/mol. The lowest BCUT2D eigenvalue weighted by molar-refractivity contribution is -0.148. The maximum Gasteiger partial charge on any atom is 0.312 e. The second-order valence-electron chi connectivity index (χ2n) is 5.55. The molecule has 5 nitrogen and oxygen atoms in total. The summed E-state index contributed by atoms with van der Waals surface area (Å²) < 4.78 is 0. The molecule has 0 aromatic heterocycles. The summed E-state index contributed by atoms with van der Waals surface area (Å²) in [6, 6.07) is 7.84. The van der Waals surface area contributed by atoms with Gasteiger partial charge in [0.15, 0.2) is 0 Å². The van der Waals surface area contributed by atoms with Gasteiger partial charge in [0, 0.05) is 25.7 Å². The van der Waals surface area contributed by atoms with Gasteiger partial charge in [0.25, 0.3) is 0 Å². The lowest BCUT2D eigenvalue weighted by Crippen LogP contribution is -2.48. The van der Waals surface area contributed by atoms with E-state index in [1.165, 1.54) is 0 Å². The Morgan fingerprint density at radius 3 is 2.81 bits per heavy atom. The Labute approximate surface area is 125 Å². The molecule has 1 aliphatic heterocycles. The number of rotatable bonds is 3. The molecule has 1 aromatic rings. The predicted molar refractivity (Wildman–Crippen MR) is 81.2 cm³/mol. The first-order valence-corrected chi connectivity index (χ1v) is 7.48. The molecule has 1 aliphatic rings. The molecular weight excluding hydrogens is 266 g/mol. The number of likely N-dealkylation sites (tertiary alicyclic amines) is 1. The Hall–Kier alpha value is -1.88. The minimum absolute atomic E-state index is 0.151. The van der Waals surface area contributed by atoms with E-state index in [1.54, 1.807) is 4.90 Å². The van der Waals surface area contributed by atoms with Crippen LogP contribution in [0.4, 0.5) is 0 Å². The van der Waals surface area contributed by atoms with Crippen LogP contribution >= 0.6 is 0 Å². The second-order valence-corrected chi connectivity index (χ2v) is 5.55. The van der Waals surface area contributed by atoms with Crippen LogP contribution in [0, 0.1) is 0 Å². The molecule has 0 bridgehead atoms. The number of carbonyl (C=O) groups is 2. The van der Waals surface area contributed by atoms with Gasteiger partial charge in [-0.1, -0.05) is 24.3 Å². The van der Waals surface area contributed by atoms with Crippen molar-refractivity contribution in [2.45, 2.75) is 45.3 Å². The van der Waals surface area contributed by atoms with Crippen LogP contribution in [0.2, 0.25) is 0 Å². The zero-order valence-corrected chi connectivity index (χ0v) is 12.5. The van der Waals surface area contributed by atoms with Gasteiger partial charge in [-0.25, -0.2) is 0 Å². The van der Waals surface area contributed by atoms with Crippen LogP contribution in [0.5, 0.6) is 0 Å². The van der Waals surface area contributed by atoms with Crippen LogP contribution < -0.4 is 11.1 Å². The van der Waals surface area contributed by atoms with Crippen LogP contribution in [0.1, 0.15) is 37.3 Å². The summed E-state index contributed by atoms with van der Waals surface area (Å²) in [4.78, 5) is 25.8. The van der Waals surface area contributed by atoms with E-state index in [-0.39, 0.29) is 6.04 Å². The summed E-state index contributed by atoms with van der Waals surface area (Å²) in [6.07, 6.45) is 3.07. The minimum Gasteiger partial charge on any atom is -0.344 e. The number of nitrogens with zero attached hydrogens (tertiary/aromatic N) is 1. The van der Waals surface area contributed by atoms with E-state index in [1.807, 2.05) is 31.2 Å². The van der Waals surface area contributed by atoms with Gasteiger partial charge in [0.05, 0.1) is 0 Å². The number of nitrogens with one attached hydrogen (secondary N) is 1. The summed E-state index contributed by atoms with van der Waals surface area (Å²) in [6.45, 7) is 3.48. The predicted octanol–water partition coefficient (Wildman–Crippen LogP) is 1.16. The first-order chi connectivity index (χ1) is 10.1. The van der Waals surface area contributed by atoms with Gasteiger partial charge >= 0.3 is 11.8 Å². The quantitative estimate of drug-likeness (QED) is 0.820. The van der Waals surface area contributed by atoms with E-state index in [9.17, 15) is 9.59 Å². The monoisotopic (exact) mass is 289 g/mol. The van der Waals surface area contributed by atoms with Crippen molar-refractivity contribution in [1.29, 1.82) is 0 Å². The van der Waals surface area contributed by atoms with Crippen LogP contribution in [0.3, 0.4) is 0 Å². The highest BCUT2D eigenvalue weighted by atomic mass is 16.2. The van der Waals surface area contributed by atoms with E-state index in [0.717, 1.165) is 30.4 Å². The standard InChI is InChI=1S/C16H23N3O2/c1-12-5-2-3-8-19(12)16(21)15(20)18-11-14-7-4-6-13(9-14)10-17/h4,6-7,9,12H,2-3,5,8,10-11,17H2,1H3,(H,18,20). The molecule has 1 unspecified atom stereocenters. The van der Waals surface area contributed by atoms with Gasteiger partial charge in [-0.3, -0.25) is 9.59 Å². The largest absolute Gasteiger partial charge is 0.344 e. The zero-order chi connectivity index (χ0) is 15.2. The van der Waals surface area contributed by atoms with Crippen molar-refractivity contribution in [2.75, 3.05) is 6.54 Å². The molecule has 2 rings (SSSR count). The first kappa shape index (κ1) is 15.5. The summed E-state index contributed by atoms with van der Waals surface area (Å²) in [5.41, 5.74) is 7.55. The summed E-state index contributed by atoms with van der Waals surface area (Å²) >= 11 is 0. The van der Waals surface area contributed by atoms with Crippen molar-refractivity contribution in [3.63, 3.8) is 0 Å². The van der Waals surface area contributed by atoms with Crippen molar-refractivity contribution in [3.8, 4) is 0 Å². The fraction of sp³-hybridized carbons (Fsp3) is 0.500. The highest BCUT2D eigenvalue weighted by molar-refractivity contribution is 6.35. The lowest BCUT2D eigenvalue weighted by Gasteiger charge is -2.32. The summed E-state index contributed by atoms with van der Waals surface area (Å²) in [7, 11) is 0. The van der Waals surface area contributed by atoms with Crippen molar-refractivity contribution in [3.05, 3.63) is 35.4 Å². The maximum atomic E-state index is 12.1. The Morgan fingerprint density at radius 1 is 1.33 bits per heavy atom. The summed E-state index contributed by atoms with van der Waals surface area (Å²) in [5.74, 6) is -0.945. The van der Waals surface area contributed by atoms with E-state index >= 15 is 0 Å². The van der Waals surface area contributed by atoms with Crippen LogP contribution in [-0.2, 0) is 22.7 Å². The molecule has 0 saturated carbocycles. The number of nitrogens with two attached hydrogens (primary N) is 1. The van der Waals surface area contributed by atoms with E-state index < -0.39 is 11.8 Å². The van der Waals surface area contributed by atoms with E-state index in [0.29, 0.717) is 19.6 Å². The normalized spacial score (nSPS) is 18.4. The molecule has 114 valence electrons. The highest BCUT2D eigenvalue weighted by Crippen LogP contribution is 2.16. The Balaban J connectivity index is 1.90. The average Bonchev–Trinajstić information content (AvgIpc) is 2.52. The molecule has 1 saturated heterocycles. The van der Waals surface area contributed by atoms with Gasteiger partial charge in [0.2, 0.25) is 0 Å². The van der Waals surface area contributed by atoms with Gasteiger partial charge in [-0.05, 0) is 37.3 Å². The molecule has 1 aromatic carbocycles. The number of carbonyl (C=O) groups excluding carboxylic acids is 2. The smallest absolute Gasteiger partial charge is 0.312 e. The Morgan fingerprint density at radius 2 is 2.10 bits per heavy atom. The van der Waals surface area contributed by atoms with Crippen molar-refractivity contribution < 1.29 is 9.59 Å². The van der Waals surface area contributed by atoms with E-state index in [4.69, 9.17) is 5.73 Å². The zero-order valence-electron chi connectivity index (χ0n) is 12.5. The molecule has 1 atom stereocenters. The van der Waals surface area contributed by atoms with Crippen molar-refractivity contribution >= 4 is 11.8 Å². The SMILES string of the molecule is CC1CCCCN1C(=O)C(=O)NCc1cccc(CN)c1. The topological polar surface area (TPSA) is 75.4 Å². The first-order valence-electron chi connectivity index (χ1n) is 7.48. The number of amides is 2. The van der Waals surface area contributed by atoms with Crippen LogP contribution in [0.15, 0.2) is 24.3 Å². The molecular formula is C16H23N3O2. The third-order valence-corrected chi connectivity index (χ3v) is 3.94. The van der Waals surface area contributed by atoms with Crippen molar-refractivity contribution in [1.82, 2.24) is 10.2 Å². The fourth-order valence-corrected chi connectivity index (χ4v) is 2.65. The Kier molecular flexibility index (Phi) is 5.33. The minimum atomic E-state index is -0.526. The fourth-order valence-electron chi connectivity index (χ4n) is 2.65. The third kappa shape index (κ3) is 4.04. The summed E-state index contributed by atoms with van der Waals surface area (Å²) in [5, 5.41) is 2.70. The lowest BCUT2D eigenvalue weighted by atomic mass is 10.0. The highest BCUT2D eigenvalue weighted by Gasteiger charge is 2.27. The molecule has 21 heavy (non-hydrogen) atoms. The van der Waals surface area contributed by atoms with Crippen molar-refractivity contribution in [2.24, 2.45) is 5.73 Å². The van der Waals surface area contributed by atoms with Gasteiger partial charge < -0.3 is 16.0 Å². The molecule has 0 spiro atoms. The number of hydrogen-bond acceptors (Lipinski definition) is 3. The van der Waals surface area contributed by atoms with Gasteiger partial charge in [-0.15, -0.1) is 0 Å². The van der Waals surface area contributed by atoms with Crippen LogP contribution in [0.25, 0.3) is 0 Å². The molecule has 0 aliphatic carbocycles. The molecule has 2 amide bonds. The molecule has 5 heteroatoms. The maximum absolute atomic E-state index is 12.1. The molecule has 1 fully saturated rings. The second kappa shape index (κ2) is 7.22. The number of piperidine rings is 1. The van der Waals surface area contributed by atoms with Gasteiger partial charge in [-0.2, -0.15) is 0 Å². The van der Waals surface area contributed by atoms with E-state index in [2.05, 4.69) is 5.32 Å². The molecule has 3 N–H and O–H groups in total.